The maximum atomic E-state index is 9.78. The van der Waals surface area contributed by atoms with Crippen molar-refractivity contribution in [3.05, 3.63) is 47.1 Å². The highest BCUT2D eigenvalue weighted by atomic mass is 16.7. The van der Waals surface area contributed by atoms with Crippen LogP contribution in [0.5, 0.6) is 11.5 Å². The van der Waals surface area contributed by atoms with Crippen LogP contribution in [0.4, 0.5) is 0 Å². The van der Waals surface area contributed by atoms with Gasteiger partial charge in [0.15, 0.2) is 17.8 Å². The number of hydrogen-bond acceptors (Lipinski definition) is 4. The SMILES string of the molecule is CCC[C@H]1C[C@@H](CCc2ccc(O)c(OC)c2)O[C@H](C=C(C)CCC=C(C)C)O1. The number of rotatable bonds is 10. The molecule has 0 radical (unpaired) electrons. The van der Waals surface area contributed by atoms with Crippen LogP contribution in [0.2, 0.25) is 0 Å². The summed E-state index contributed by atoms with van der Waals surface area (Å²) in [5.74, 6) is 0.697. The number of phenols is 1. The minimum absolute atomic E-state index is 0.173. The van der Waals surface area contributed by atoms with E-state index in [2.05, 4.69) is 39.8 Å². The van der Waals surface area contributed by atoms with Crippen LogP contribution in [-0.4, -0.2) is 30.7 Å². The van der Waals surface area contributed by atoms with Crippen molar-refractivity contribution in [2.75, 3.05) is 7.11 Å². The molecule has 0 unspecified atom stereocenters. The van der Waals surface area contributed by atoms with Crippen molar-refractivity contribution in [2.24, 2.45) is 0 Å². The Balaban J connectivity index is 1.97. The van der Waals surface area contributed by atoms with E-state index in [1.54, 1.807) is 13.2 Å². The summed E-state index contributed by atoms with van der Waals surface area (Å²) < 4.78 is 17.7. The number of phenolic OH excluding ortho intramolecular Hbond substituents is 1. The van der Waals surface area contributed by atoms with Gasteiger partial charge in [0.2, 0.25) is 0 Å². The number of aromatic hydroxyl groups is 1. The van der Waals surface area contributed by atoms with Gasteiger partial charge in [0, 0.05) is 6.42 Å². The molecule has 1 aliphatic rings. The van der Waals surface area contributed by atoms with E-state index >= 15 is 0 Å². The van der Waals surface area contributed by atoms with Gasteiger partial charge in [0.05, 0.1) is 19.3 Å². The predicted molar refractivity (Wildman–Crippen MR) is 118 cm³/mol. The van der Waals surface area contributed by atoms with Crippen LogP contribution in [0, 0.1) is 0 Å². The lowest BCUT2D eigenvalue weighted by molar-refractivity contribution is -0.222. The minimum atomic E-state index is -0.258. The summed E-state index contributed by atoms with van der Waals surface area (Å²) in [4.78, 5) is 0. The molecule has 1 aromatic rings. The molecule has 29 heavy (non-hydrogen) atoms. The molecular formula is C25H38O4. The summed E-state index contributed by atoms with van der Waals surface area (Å²) in [6, 6.07) is 5.55. The van der Waals surface area contributed by atoms with Crippen LogP contribution in [-0.2, 0) is 15.9 Å². The van der Waals surface area contributed by atoms with Gasteiger partial charge in [0.1, 0.15) is 0 Å². The number of hydrogen-bond donors (Lipinski definition) is 1. The molecule has 0 spiro atoms. The Labute approximate surface area is 176 Å². The fourth-order valence-corrected chi connectivity index (χ4v) is 3.70. The number of ether oxygens (including phenoxy) is 3. The Morgan fingerprint density at radius 3 is 2.55 bits per heavy atom. The van der Waals surface area contributed by atoms with Crippen LogP contribution in [0.15, 0.2) is 41.5 Å². The van der Waals surface area contributed by atoms with Crippen LogP contribution in [0.3, 0.4) is 0 Å². The van der Waals surface area contributed by atoms with E-state index in [9.17, 15) is 5.11 Å². The molecule has 4 heteroatoms. The molecule has 1 heterocycles. The van der Waals surface area contributed by atoms with Gasteiger partial charge in [-0.2, -0.15) is 0 Å². The van der Waals surface area contributed by atoms with E-state index in [1.165, 1.54) is 11.1 Å². The van der Waals surface area contributed by atoms with Crippen molar-refractivity contribution in [2.45, 2.75) is 91.1 Å². The molecule has 0 bridgehead atoms. The summed E-state index contributed by atoms with van der Waals surface area (Å²) in [7, 11) is 1.58. The quantitative estimate of drug-likeness (QED) is 0.465. The van der Waals surface area contributed by atoms with Crippen molar-refractivity contribution < 1.29 is 19.3 Å². The predicted octanol–water partition coefficient (Wildman–Crippen LogP) is 6.33. The minimum Gasteiger partial charge on any atom is -0.504 e. The van der Waals surface area contributed by atoms with Gasteiger partial charge in [-0.3, -0.25) is 0 Å². The highest BCUT2D eigenvalue weighted by Crippen LogP contribution is 2.29. The molecule has 1 N–H and O–H groups in total. The number of allylic oxidation sites excluding steroid dienone is 3. The zero-order valence-corrected chi connectivity index (χ0v) is 18.7. The van der Waals surface area contributed by atoms with E-state index in [1.807, 2.05) is 12.1 Å². The van der Waals surface area contributed by atoms with Crippen LogP contribution < -0.4 is 4.74 Å². The molecule has 1 saturated heterocycles. The van der Waals surface area contributed by atoms with E-state index in [0.29, 0.717) is 5.75 Å². The second kappa shape index (κ2) is 12.0. The lowest BCUT2D eigenvalue weighted by Crippen LogP contribution is -2.37. The van der Waals surface area contributed by atoms with Crippen molar-refractivity contribution >= 4 is 0 Å². The Kier molecular flexibility index (Phi) is 9.75. The molecule has 1 aliphatic heterocycles. The summed E-state index contributed by atoms with van der Waals surface area (Å²) in [6.45, 7) is 8.63. The van der Waals surface area contributed by atoms with E-state index in [4.69, 9.17) is 14.2 Å². The van der Waals surface area contributed by atoms with E-state index in [-0.39, 0.29) is 24.2 Å². The molecule has 2 rings (SSSR count). The third-order valence-corrected chi connectivity index (χ3v) is 5.30. The average molecular weight is 403 g/mol. The Morgan fingerprint density at radius 2 is 1.90 bits per heavy atom. The van der Waals surface area contributed by atoms with E-state index < -0.39 is 0 Å². The third kappa shape index (κ3) is 8.23. The number of aryl methyl sites for hydroxylation is 1. The smallest absolute Gasteiger partial charge is 0.177 e. The van der Waals surface area contributed by atoms with Gasteiger partial charge >= 0.3 is 0 Å². The highest BCUT2D eigenvalue weighted by molar-refractivity contribution is 5.41. The van der Waals surface area contributed by atoms with Crippen molar-refractivity contribution in [1.29, 1.82) is 0 Å². The van der Waals surface area contributed by atoms with Crippen molar-refractivity contribution in [1.82, 2.24) is 0 Å². The Morgan fingerprint density at radius 1 is 1.17 bits per heavy atom. The zero-order valence-electron chi connectivity index (χ0n) is 18.7. The lowest BCUT2D eigenvalue weighted by atomic mass is 9.99. The molecule has 1 fully saturated rings. The first-order valence-electron chi connectivity index (χ1n) is 10.9. The average Bonchev–Trinajstić information content (AvgIpc) is 2.67. The largest absolute Gasteiger partial charge is 0.504 e. The normalized spacial score (nSPS) is 22.4. The van der Waals surface area contributed by atoms with Gasteiger partial charge < -0.3 is 19.3 Å². The van der Waals surface area contributed by atoms with Crippen LogP contribution in [0.25, 0.3) is 0 Å². The van der Waals surface area contributed by atoms with Gasteiger partial charge in [0.25, 0.3) is 0 Å². The van der Waals surface area contributed by atoms with Gasteiger partial charge in [-0.05, 0) is 76.6 Å². The molecule has 0 aromatic heterocycles. The van der Waals surface area contributed by atoms with Crippen LogP contribution >= 0.6 is 0 Å². The topological polar surface area (TPSA) is 47.9 Å². The molecular weight excluding hydrogens is 364 g/mol. The van der Waals surface area contributed by atoms with Gasteiger partial charge in [-0.1, -0.05) is 36.6 Å². The molecule has 0 amide bonds. The van der Waals surface area contributed by atoms with E-state index in [0.717, 1.165) is 50.5 Å². The third-order valence-electron chi connectivity index (χ3n) is 5.30. The number of benzene rings is 1. The highest BCUT2D eigenvalue weighted by Gasteiger charge is 2.28. The van der Waals surface area contributed by atoms with Crippen molar-refractivity contribution in [3.8, 4) is 11.5 Å². The first kappa shape index (κ1) is 23.5. The molecule has 0 aliphatic carbocycles. The second-order valence-electron chi connectivity index (χ2n) is 8.29. The monoisotopic (exact) mass is 402 g/mol. The summed E-state index contributed by atoms with van der Waals surface area (Å²) in [6.07, 6.45) is 11.6. The standard InChI is InChI=1S/C25H38O4/c1-6-8-21-17-22(13-11-20-12-14-23(26)24(16-20)27-5)29-25(28-21)15-19(4)10-7-9-18(2)3/h9,12,14-16,21-22,25-26H,6-8,10-11,13,17H2,1-5H3/t21-,22+,25+/m0/s1. The number of methoxy groups -OCH3 is 1. The zero-order chi connectivity index (χ0) is 21.2. The van der Waals surface area contributed by atoms with Gasteiger partial charge in [-0.25, -0.2) is 0 Å². The fourth-order valence-electron chi connectivity index (χ4n) is 3.70. The van der Waals surface area contributed by atoms with Crippen LogP contribution in [0.1, 0.15) is 71.8 Å². The fraction of sp³-hybridized carbons (Fsp3) is 0.600. The van der Waals surface area contributed by atoms with Crippen molar-refractivity contribution in [3.63, 3.8) is 0 Å². The first-order valence-corrected chi connectivity index (χ1v) is 10.9. The molecule has 1 aromatic carbocycles. The molecule has 3 atom stereocenters. The first-order chi connectivity index (χ1) is 13.9. The Bertz CT molecular complexity index is 688. The maximum Gasteiger partial charge on any atom is 0.177 e. The molecule has 4 nitrogen and oxygen atoms in total. The molecule has 0 saturated carbocycles. The Hall–Kier alpha value is -1.78. The summed E-state index contributed by atoms with van der Waals surface area (Å²) >= 11 is 0. The second-order valence-corrected chi connectivity index (χ2v) is 8.29. The van der Waals surface area contributed by atoms with Gasteiger partial charge in [-0.15, -0.1) is 0 Å². The molecule has 162 valence electrons. The maximum absolute atomic E-state index is 9.78. The summed E-state index contributed by atoms with van der Waals surface area (Å²) in [5, 5.41) is 9.78. The summed E-state index contributed by atoms with van der Waals surface area (Å²) in [5.41, 5.74) is 3.82. The lowest BCUT2D eigenvalue weighted by Gasteiger charge is -2.35.